The van der Waals surface area contributed by atoms with E-state index in [1.54, 1.807) is 0 Å². The van der Waals surface area contributed by atoms with Crippen molar-refractivity contribution in [2.24, 2.45) is 17.8 Å². The Morgan fingerprint density at radius 3 is 2.38 bits per heavy atom. The minimum atomic E-state index is -0.162. The van der Waals surface area contributed by atoms with Crippen molar-refractivity contribution in [3.63, 3.8) is 0 Å². The van der Waals surface area contributed by atoms with Gasteiger partial charge in [0.05, 0.1) is 7.11 Å². The second-order valence-electron chi connectivity index (χ2n) is 8.21. The number of hydrogen-bond acceptors (Lipinski definition) is 4. The van der Waals surface area contributed by atoms with Crippen molar-refractivity contribution < 1.29 is 14.3 Å². The van der Waals surface area contributed by atoms with Crippen LogP contribution in [-0.2, 0) is 14.3 Å². The number of thioether (sulfide) groups is 1. The number of ketones is 1. The maximum Gasteiger partial charge on any atom is 0.305 e. The zero-order chi connectivity index (χ0) is 18.8. The summed E-state index contributed by atoms with van der Waals surface area (Å²) in [6.07, 6.45) is 14.7. The second kappa shape index (κ2) is 12.0. The number of methoxy groups -OCH3 is 1. The van der Waals surface area contributed by atoms with Crippen LogP contribution in [0.5, 0.6) is 0 Å². The highest BCUT2D eigenvalue weighted by Crippen LogP contribution is 2.54. The standard InChI is InChI=1S/C22H38O3S/c1-3-4-5-6-7-10-15-26-22-18-14-13-17(16-18)21(22)19(23)11-8-9-12-20(24)25-2/h17-18,21-22H,3-16H2,1-2H3/t17-,18+,21+,22-/m0/s1. The maximum atomic E-state index is 12.8. The van der Waals surface area contributed by atoms with Gasteiger partial charge in [-0.05, 0) is 56.1 Å². The Morgan fingerprint density at radius 2 is 1.62 bits per heavy atom. The molecule has 0 radical (unpaired) electrons. The number of carbonyl (C=O) groups is 2. The first-order chi connectivity index (χ1) is 12.7. The van der Waals surface area contributed by atoms with Crippen molar-refractivity contribution in [3.8, 4) is 0 Å². The Balaban J connectivity index is 1.68. The predicted molar refractivity (Wildman–Crippen MR) is 109 cm³/mol. The summed E-state index contributed by atoms with van der Waals surface area (Å²) in [4.78, 5) is 24.0. The van der Waals surface area contributed by atoms with E-state index in [9.17, 15) is 9.59 Å². The summed E-state index contributed by atoms with van der Waals surface area (Å²) in [6.45, 7) is 2.26. The molecule has 0 saturated heterocycles. The fourth-order valence-electron chi connectivity index (χ4n) is 4.86. The number of unbranched alkanes of at least 4 members (excludes halogenated alkanes) is 6. The Labute approximate surface area is 164 Å². The molecule has 26 heavy (non-hydrogen) atoms. The molecular weight excluding hydrogens is 344 g/mol. The van der Waals surface area contributed by atoms with E-state index in [1.165, 1.54) is 70.7 Å². The molecule has 0 aromatic rings. The van der Waals surface area contributed by atoms with Crippen LogP contribution in [0.2, 0.25) is 0 Å². The summed E-state index contributed by atoms with van der Waals surface area (Å²) < 4.78 is 4.67. The molecule has 0 aromatic heterocycles. The molecule has 4 atom stereocenters. The van der Waals surface area contributed by atoms with E-state index in [0.717, 1.165) is 18.8 Å². The maximum absolute atomic E-state index is 12.8. The van der Waals surface area contributed by atoms with E-state index >= 15 is 0 Å². The summed E-state index contributed by atoms with van der Waals surface area (Å²) in [5, 5.41) is 0.581. The highest BCUT2D eigenvalue weighted by molar-refractivity contribution is 7.99. The van der Waals surface area contributed by atoms with Crippen LogP contribution in [0.25, 0.3) is 0 Å². The molecule has 0 amide bonds. The highest BCUT2D eigenvalue weighted by atomic mass is 32.2. The smallest absolute Gasteiger partial charge is 0.305 e. The molecular formula is C22H38O3S. The minimum absolute atomic E-state index is 0.162. The lowest BCUT2D eigenvalue weighted by Crippen LogP contribution is -2.32. The monoisotopic (exact) mass is 382 g/mol. The first-order valence-electron chi connectivity index (χ1n) is 10.9. The fourth-order valence-corrected chi connectivity index (χ4v) is 6.61. The van der Waals surface area contributed by atoms with Crippen LogP contribution in [0.3, 0.4) is 0 Å². The van der Waals surface area contributed by atoms with Crippen LogP contribution in [-0.4, -0.2) is 29.9 Å². The molecule has 0 N–H and O–H groups in total. The number of fused-ring (bicyclic) bond motifs is 2. The summed E-state index contributed by atoms with van der Waals surface area (Å²) in [6, 6.07) is 0. The van der Waals surface area contributed by atoms with Gasteiger partial charge in [0.25, 0.3) is 0 Å². The Morgan fingerprint density at radius 1 is 0.923 bits per heavy atom. The van der Waals surface area contributed by atoms with Gasteiger partial charge in [0, 0.05) is 24.0 Å². The van der Waals surface area contributed by atoms with E-state index in [2.05, 4.69) is 23.4 Å². The van der Waals surface area contributed by atoms with Gasteiger partial charge in [0.1, 0.15) is 5.78 Å². The van der Waals surface area contributed by atoms with E-state index in [0.29, 0.717) is 35.7 Å². The molecule has 0 aromatic carbocycles. The van der Waals surface area contributed by atoms with E-state index in [4.69, 9.17) is 0 Å². The van der Waals surface area contributed by atoms with Crippen LogP contribution in [0.1, 0.15) is 90.4 Å². The second-order valence-corrected chi connectivity index (χ2v) is 9.50. The van der Waals surface area contributed by atoms with Crippen molar-refractivity contribution >= 4 is 23.5 Å². The SMILES string of the molecule is CCCCCCCCS[C@H]1[C@@H]2CC[C@@H](C2)[C@@H]1C(=O)CCCCC(=O)OC. The van der Waals surface area contributed by atoms with Crippen molar-refractivity contribution in [1.29, 1.82) is 0 Å². The van der Waals surface area contributed by atoms with E-state index in [1.807, 2.05) is 0 Å². The first-order valence-corrected chi connectivity index (χ1v) is 11.9. The third kappa shape index (κ3) is 6.58. The van der Waals surface area contributed by atoms with Gasteiger partial charge in [-0.2, -0.15) is 11.8 Å². The Hall–Kier alpha value is -0.510. The van der Waals surface area contributed by atoms with Gasteiger partial charge in [-0.1, -0.05) is 39.0 Å². The van der Waals surface area contributed by atoms with Crippen LogP contribution >= 0.6 is 11.8 Å². The van der Waals surface area contributed by atoms with E-state index in [-0.39, 0.29) is 5.97 Å². The molecule has 2 aliphatic rings. The average Bonchev–Trinajstić information content (AvgIpc) is 3.25. The summed E-state index contributed by atoms with van der Waals surface area (Å²) in [5.74, 6) is 3.28. The molecule has 2 aliphatic carbocycles. The Bertz CT molecular complexity index is 437. The third-order valence-corrected chi connectivity index (χ3v) is 7.89. The quantitative estimate of drug-likeness (QED) is 0.281. The third-order valence-electron chi connectivity index (χ3n) is 6.30. The fraction of sp³-hybridized carbons (Fsp3) is 0.909. The number of hydrogen-bond donors (Lipinski definition) is 0. The molecule has 0 unspecified atom stereocenters. The molecule has 4 heteroatoms. The zero-order valence-corrected chi connectivity index (χ0v) is 17.7. The highest BCUT2D eigenvalue weighted by Gasteiger charge is 2.50. The van der Waals surface area contributed by atoms with Gasteiger partial charge in [-0.3, -0.25) is 9.59 Å². The van der Waals surface area contributed by atoms with Crippen molar-refractivity contribution in [1.82, 2.24) is 0 Å². The zero-order valence-electron chi connectivity index (χ0n) is 16.8. The van der Waals surface area contributed by atoms with Crippen LogP contribution in [0, 0.1) is 17.8 Å². The van der Waals surface area contributed by atoms with Crippen LogP contribution in [0.4, 0.5) is 0 Å². The molecule has 2 bridgehead atoms. The summed E-state index contributed by atoms with van der Waals surface area (Å²) in [7, 11) is 1.42. The van der Waals surface area contributed by atoms with Gasteiger partial charge >= 0.3 is 5.97 Å². The van der Waals surface area contributed by atoms with Gasteiger partial charge in [0.15, 0.2) is 0 Å². The van der Waals surface area contributed by atoms with Gasteiger partial charge in [-0.15, -0.1) is 0 Å². The van der Waals surface area contributed by atoms with Gasteiger partial charge in [-0.25, -0.2) is 0 Å². The van der Waals surface area contributed by atoms with Gasteiger partial charge < -0.3 is 4.74 Å². The molecule has 0 heterocycles. The molecule has 2 fully saturated rings. The Kier molecular flexibility index (Phi) is 10.1. The normalized spacial score (nSPS) is 27.0. The summed E-state index contributed by atoms with van der Waals surface area (Å²) >= 11 is 2.10. The average molecular weight is 383 g/mol. The van der Waals surface area contributed by atoms with Crippen LogP contribution < -0.4 is 0 Å². The first kappa shape index (κ1) is 21.8. The largest absolute Gasteiger partial charge is 0.469 e. The lowest BCUT2D eigenvalue weighted by Gasteiger charge is -2.29. The minimum Gasteiger partial charge on any atom is -0.469 e. The number of carbonyl (C=O) groups excluding carboxylic acids is 2. The van der Waals surface area contributed by atoms with Crippen molar-refractivity contribution in [3.05, 3.63) is 0 Å². The topological polar surface area (TPSA) is 43.4 Å². The number of rotatable bonds is 14. The van der Waals surface area contributed by atoms with Gasteiger partial charge in [0.2, 0.25) is 0 Å². The molecule has 2 saturated carbocycles. The molecule has 3 nitrogen and oxygen atoms in total. The molecule has 0 aliphatic heterocycles. The van der Waals surface area contributed by atoms with Crippen molar-refractivity contribution in [2.75, 3.05) is 12.9 Å². The van der Waals surface area contributed by atoms with Crippen molar-refractivity contribution in [2.45, 2.75) is 95.6 Å². The molecule has 2 rings (SSSR count). The number of ether oxygens (including phenoxy) is 1. The van der Waals surface area contributed by atoms with E-state index < -0.39 is 0 Å². The number of Topliss-reactive ketones (excluding diaryl/α,β-unsaturated/α-hetero) is 1. The lowest BCUT2D eigenvalue weighted by molar-refractivity contribution is -0.140. The molecule has 0 spiro atoms. The number of esters is 1. The molecule has 150 valence electrons. The summed E-state index contributed by atoms with van der Waals surface area (Å²) in [5.41, 5.74) is 0. The lowest BCUT2D eigenvalue weighted by atomic mass is 9.83. The van der Waals surface area contributed by atoms with Crippen LogP contribution in [0.15, 0.2) is 0 Å². The predicted octanol–water partition coefficient (Wildman–Crippen LogP) is 5.80.